The Bertz CT molecular complexity index is 277. The summed E-state index contributed by atoms with van der Waals surface area (Å²) >= 11 is 0. The van der Waals surface area contributed by atoms with Crippen molar-refractivity contribution in [3.8, 4) is 0 Å². The molecule has 0 radical (unpaired) electrons. The first kappa shape index (κ1) is 15.3. The highest BCUT2D eigenvalue weighted by molar-refractivity contribution is 5.74. The van der Waals surface area contributed by atoms with Gasteiger partial charge in [-0.25, -0.2) is 4.79 Å². The third kappa shape index (κ3) is 5.25. The molecule has 0 aromatic carbocycles. The Morgan fingerprint density at radius 1 is 1.44 bits per heavy atom. The predicted octanol–water partition coefficient (Wildman–Crippen LogP) is 2.27. The number of carbonyl (C=O) groups is 1. The summed E-state index contributed by atoms with van der Waals surface area (Å²) in [6.45, 7) is 8.67. The third-order valence-corrected chi connectivity index (χ3v) is 3.75. The summed E-state index contributed by atoms with van der Waals surface area (Å²) in [6, 6.07) is 0.247. The number of aliphatic hydroxyl groups is 1. The maximum atomic E-state index is 11.8. The van der Waals surface area contributed by atoms with Crippen LogP contribution in [0.25, 0.3) is 0 Å². The zero-order valence-electron chi connectivity index (χ0n) is 12.1. The fourth-order valence-electron chi connectivity index (χ4n) is 2.77. The number of aliphatic hydroxyl groups excluding tert-OH is 1. The molecule has 3 unspecified atom stereocenters. The average molecular weight is 256 g/mol. The summed E-state index contributed by atoms with van der Waals surface area (Å²) in [5.74, 6) is 0.584. The van der Waals surface area contributed by atoms with Crippen molar-refractivity contribution >= 4 is 6.03 Å². The van der Waals surface area contributed by atoms with Crippen molar-refractivity contribution in [1.29, 1.82) is 0 Å². The molecule has 18 heavy (non-hydrogen) atoms. The minimum absolute atomic E-state index is 0.0765. The number of hydrogen-bond acceptors (Lipinski definition) is 2. The van der Waals surface area contributed by atoms with Crippen LogP contribution in [0, 0.1) is 11.3 Å². The fourth-order valence-corrected chi connectivity index (χ4v) is 2.77. The van der Waals surface area contributed by atoms with Crippen LogP contribution in [0.3, 0.4) is 0 Å². The van der Waals surface area contributed by atoms with Gasteiger partial charge in [0.15, 0.2) is 0 Å². The molecule has 0 aliphatic heterocycles. The van der Waals surface area contributed by atoms with Crippen molar-refractivity contribution in [2.24, 2.45) is 11.3 Å². The summed E-state index contributed by atoms with van der Waals surface area (Å²) in [4.78, 5) is 11.8. The summed E-state index contributed by atoms with van der Waals surface area (Å²) in [5.41, 5.74) is -0.0766. The Morgan fingerprint density at radius 3 is 2.61 bits per heavy atom. The number of hydrogen-bond donors (Lipinski definition) is 3. The van der Waals surface area contributed by atoms with Crippen LogP contribution < -0.4 is 10.6 Å². The normalized spacial score (nSPS) is 25.8. The Labute approximate surface area is 111 Å². The summed E-state index contributed by atoms with van der Waals surface area (Å²) < 4.78 is 0. The standard InChI is InChI=1S/C14H28N2O2/c1-10-6-5-7-12(10)16-13(18)15-9-14(3,4)8-11(2)17/h10-12,17H,5-9H2,1-4H3,(H2,15,16,18). The van der Waals surface area contributed by atoms with Crippen LogP contribution in [0.4, 0.5) is 4.79 Å². The number of carbonyl (C=O) groups excluding carboxylic acids is 1. The minimum atomic E-state index is -0.334. The molecule has 1 rings (SSSR count). The van der Waals surface area contributed by atoms with Crippen LogP contribution in [0.2, 0.25) is 0 Å². The van der Waals surface area contributed by atoms with E-state index >= 15 is 0 Å². The quantitative estimate of drug-likeness (QED) is 0.706. The lowest BCUT2D eigenvalue weighted by molar-refractivity contribution is 0.128. The molecule has 1 saturated carbocycles. The molecule has 0 aromatic heterocycles. The van der Waals surface area contributed by atoms with E-state index in [-0.39, 0.29) is 17.6 Å². The SMILES string of the molecule is CC(O)CC(C)(C)CNC(=O)NC1CCCC1C. The van der Waals surface area contributed by atoms with Gasteiger partial charge in [-0.05, 0) is 37.5 Å². The smallest absolute Gasteiger partial charge is 0.315 e. The molecular weight excluding hydrogens is 228 g/mol. The van der Waals surface area contributed by atoms with Crippen LogP contribution in [0.5, 0.6) is 0 Å². The Kier molecular flexibility index (Phi) is 5.45. The van der Waals surface area contributed by atoms with Crippen LogP contribution >= 0.6 is 0 Å². The van der Waals surface area contributed by atoms with Crippen LogP contribution in [-0.2, 0) is 0 Å². The molecule has 0 heterocycles. The van der Waals surface area contributed by atoms with Crippen molar-refractivity contribution in [3.05, 3.63) is 0 Å². The van der Waals surface area contributed by atoms with Gasteiger partial charge in [0.2, 0.25) is 0 Å². The largest absolute Gasteiger partial charge is 0.393 e. The van der Waals surface area contributed by atoms with E-state index in [1.54, 1.807) is 6.92 Å². The summed E-state index contributed by atoms with van der Waals surface area (Å²) in [7, 11) is 0. The van der Waals surface area contributed by atoms with Crippen LogP contribution in [-0.4, -0.2) is 29.8 Å². The molecule has 1 aliphatic carbocycles. The van der Waals surface area contributed by atoms with Crippen molar-refractivity contribution in [3.63, 3.8) is 0 Å². The molecule has 4 nitrogen and oxygen atoms in total. The number of amides is 2. The van der Waals surface area contributed by atoms with Gasteiger partial charge in [-0.15, -0.1) is 0 Å². The van der Waals surface area contributed by atoms with Gasteiger partial charge in [0.05, 0.1) is 6.10 Å². The van der Waals surface area contributed by atoms with Crippen LogP contribution in [0.15, 0.2) is 0 Å². The van der Waals surface area contributed by atoms with Crippen molar-refractivity contribution in [2.75, 3.05) is 6.54 Å². The van der Waals surface area contributed by atoms with Gasteiger partial charge in [0, 0.05) is 12.6 Å². The van der Waals surface area contributed by atoms with Gasteiger partial charge in [0.1, 0.15) is 0 Å². The molecule has 2 amide bonds. The van der Waals surface area contributed by atoms with Crippen molar-refractivity contribution in [1.82, 2.24) is 10.6 Å². The van der Waals surface area contributed by atoms with Crippen molar-refractivity contribution < 1.29 is 9.90 Å². The van der Waals surface area contributed by atoms with Gasteiger partial charge in [-0.3, -0.25) is 0 Å². The molecule has 1 fully saturated rings. The van der Waals surface area contributed by atoms with E-state index in [9.17, 15) is 9.90 Å². The molecule has 1 aliphatic rings. The fraction of sp³-hybridized carbons (Fsp3) is 0.929. The van der Waals surface area contributed by atoms with Crippen LogP contribution in [0.1, 0.15) is 53.4 Å². The minimum Gasteiger partial charge on any atom is -0.393 e. The number of rotatable bonds is 5. The van der Waals surface area contributed by atoms with Gasteiger partial charge in [0.25, 0.3) is 0 Å². The van der Waals surface area contributed by atoms with E-state index < -0.39 is 0 Å². The Balaban J connectivity index is 2.28. The zero-order chi connectivity index (χ0) is 13.8. The van der Waals surface area contributed by atoms with E-state index in [1.807, 2.05) is 0 Å². The summed E-state index contributed by atoms with van der Waals surface area (Å²) in [6.07, 6.45) is 3.86. The Morgan fingerprint density at radius 2 is 2.11 bits per heavy atom. The summed E-state index contributed by atoms with van der Waals surface area (Å²) in [5, 5.41) is 15.3. The van der Waals surface area contributed by atoms with Crippen molar-refractivity contribution in [2.45, 2.75) is 65.5 Å². The second kappa shape index (κ2) is 6.41. The van der Waals surface area contributed by atoms with E-state index in [1.165, 1.54) is 12.8 Å². The topological polar surface area (TPSA) is 61.4 Å². The van der Waals surface area contributed by atoms with Gasteiger partial charge >= 0.3 is 6.03 Å². The maximum Gasteiger partial charge on any atom is 0.315 e. The zero-order valence-corrected chi connectivity index (χ0v) is 12.1. The lowest BCUT2D eigenvalue weighted by Gasteiger charge is -2.27. The maximum absolute atomic E-state index is 11.8. The number of nitrogens with one attached hydrogen (secondary N) is 2. The third-order valence-electron chi connectivity index (χ3n) is 3.75. The van der Waals surface area contributed by atoms with Gasteiger partial charge < -0.3 is 15.7 Å². The second-order valence-electron chi connectivity index (χ2n) is 6.56. The van der Waals surface area contributed by atoms with Gasteiger partial charge in [-0.2, -0.15) is 0 Å². The molecule has 4 heteroatoms. The van der Waals surface area contributed by atoms with E-state index in [0.717, 1.165) is 6.42 Å². The molecule has 0 spiro atoms. The highest BCUT2D eigenvalue weighted by atomic mass is 16.3. The molecule has 0 saturated heterocycles. The van der Waals surface area contributed by atoms with E-state index in [2.05, 4.69) is 31.4 Å². The molecule has 0 aromatic rings. The predicted molar refractivity (Wildman–Crippen MR) is 73.4 cm³/mol. The molecule has 0 bridgehead atoms. The number of urea groups is 1. The molecule has 106 valence electrons. The lowest BCUT2D eigenvalue weighted by atomic mass is 9.87. The average Bonchev–Trinajstić information content (AvgIpc) is 2.60. The van der Waals surface area contributed by atoms with E-state index in [0.29, 0.717) is 24.9 Å². The first-order valence-corrected chi connectivity index (χ1v) is 7.02. The first-order chi connectivity index (χ1) is 8.30. The highest BCUT2D eigenvalue weighted by Crippen LogP contribution is 2.25. The second-order valence-corrected chi connectivity index (χ2v) is 6.56. The molecule has 3 N–H and O–H groups in total. The molecule has 3 atom stereocenters. The molecular formula is C14H28N2O2. The van der Waals surface area contributed by atoms with E-state index in [4.69, 9.17) is 0 Å². The van der Waals surface area contributed by atoms with Gasteiger partial charge in [-0.1, -0.05) is 27.2 Å². The highest BCUT2D eigenvalue weighted by Gasteiger charge is 2.26. The monoisotopic (exact) mass is 256 g/mol. The lowest BCUT2D eigenvalue weighted by Crippen LogP contribution is -2.46. The first-order valence-electron chi connectivity index (χ1n) is 7.02. The Hall–Kier alpha value is -0.770.